The minimum absolute atomic E-state index is 0.835. The first-order valence-corrected chi connectivity index (χ1v) is 14.8. The lowest BCUT2D eigenvalue weighted by atomic mass is 9.80. The maximum Gasteiger partial charge on any atom is -0.0108 e. The Balaban J connectivity index is 1.76. The van der Waals surface area contributed by atoms with Crippen molar-refractivity contribution in [1.82, 2.24) is 0 Å². The molecule has 3 atom stereocenters. The number of unbranched alkanes of at least 4 members (excludes halogenated alkanes) is 3. The van der Waals surface area contributed by atoms with E-state index in [2.05, 4.69) is 71.0 Å². The second-order valence-corrected chi connectivity index (χ2v) is 11.5. The molecule has 3 rings (SSSR count). The molecule has 0 aliphatic heterocycles. The largest absolute Gasteiger partial charge is 0.0836 e. The fourth-order valence-corrected chi connectivity index (χ4v) is 6.23. The number of allylic oxidation sites excluding steroid dienone is 1. The maximum absolute atomic E-state index is 2.53. The van der Waals surface area contributed by atoms with Gasteiger partial charge in [-0.1, -0.05) is 128 Å². The van der Waals surface area contributed by atoms with Gasteiger partial charge in [0.2, 0.25) is 0 Å². The van der Waals surface area contributed by atoms with E-state index in [1.807, 2.05) is 0 Å². The van der Waals surface area contributed by atoms with Gasteiger partial charge in [-0.05, 0) is 83.4 Å². The van der Waals surface area contributed by atoms with E-state index < -0.39 is 0 Å². The van der Waals surface area contributed by atoms with Gasteiger partial charge in [0.1, 0.15) is 0 Å². The molecule has 0 heterocycles. The van der Waals surface area contributed by atoms with Gasteiger partial charge in [0, 0.05) is 0 Å². The van der Waals surface area contributed by atoms with E-state index in [0.29, 0.717) is 0 Å². The molecule has 0 amide bonds. The third-order valence-electron chi connectivity index (χ3n) is 8.54. The second-order valence-electron chi connectivity index (χ2n) is 11.5. The van der Waals surface area contributed by atoms with Crippen molar-refractivity contribution in [3.63, 3.8) is 0 Å². The van der Waals surface area contributed by atoms with E-state index in [-0.39, 0.29) is 0 Å². The predicted octanol–water partition coefficient (Wildman–Crippen LogP) is 10.9. The van der Waals surface area contributed by atoms with Crippen LogP contribution < -0.4 is 0 Å². The Morgan fingerprint density at radius 1 is 0.853 bits per heavy atom. The summed E-state index contributed by atoms with van der Waals surface area (Å²) in [6.07, 6.45) is 23.7. The molecular weight excluding hydrogens is 408 g/mol. The van der Waals surface area contributed by atoms with Crippen LogP contribution in [0.15, 0.2) is 30.3 Å². The van der Waals surface area contributed by atoms with Gasteiger partial charge < -0.3 is 0 Å². The van der Waals surface area contributed by atoms with Crippen LogP contribution >= 0.6 is 0 Å². The molecule has 0 aromatic heterocycles. The van der Waals surface area contributed by atoms with Crippen LogP contribution in [0.3, 0.4) is 0 Å². The Kier molecular flexibility index (Phi) is 11.2. The lowest BCUT2D eigenvalue weighted by Crippen LogP contribution is -2.13. The van der Waals surface area contributed by atoms with Gasteiger partial charge in [0.05, 0.1) is 0 Å². The van der Waals surface area contributed by atoms with Gasteiger partial charge in [-0.25, -0.2) is 0 Å². The van der Waals surface area contributed by atoms with Gasteiger partial charge in [-0.2, -0.15) is 0 Å². The highest BCUT2D eigenvalue weighted by Gasteiger charge is 2.19. The molecule has 0 heteroatoms. The summed E-state index contributed by atoms with van der Waals surface area (Å²) in [4.78, 5) is 0. The standard InChI is InChI=1S/C34H52/c1-6-9-10-11-15-29(23-28(14-7-2)19-18-26(4)8-3)24-30-20-21-33-31(25-30)22-27(5)32-16-12-13-17-34(32)33/h13,17,20-22,25-26,28-29H,6-12,14-16,18-19,23-24H2,1-5H3. The van der Waals surface area contributed by atoms with Crippen LogP contribution in [-0.4, -0.2) is 0 Å². The summed E-state index contributed by atoms with van der Waals surface area (Å²) in [6, 6.07) is 9.86. The van der Waals surface area contributed by atoms with E-state index in [4.69, 9.17) is 0 Å². The SMILES string of the molecule is CCCCCCC(Cc1ccc2c3c(c(C)cc2c1)CCC=C3)CC(CCC)CCC(C)CC. The summed E-state index contributed by atoms with van der Waals surface area (Å²) in [5.74, 6) is 2.63. The highest BCUT2D eigenvalue weighted by molar-refractivity contribution is 5.93. The van der Waals surface area contributed by atoms with Crippen LogP contribution in [0.4, 0.5) is 0 Å². The zero-order valence-electron chi connectivity index (χ0n) is 23.1. The number of benzene rings is 2. The van der Waals surface area contributed by atoms with Gasteiger partial charge in [0.15, 0.2) is 0 Å². The highest BCUT2D eigenvalue weighted by atomic mass is 14.2. The van der Waals surface area contributed by atoms with Gasteiger partial charge in [-0.3, -0.25) is 0 Å². The minimum Gasteiger partial charge on any atom is -0.0836 e. The number of fused-ring (bicyclic) bond motifs is 3. The molecule has 0 saturated carbocycles. The number of rotatable bonds is 15. The number of aryl methyl sites for hydroxylation is 1. The Morgan fingerprint density at radius 2 is 1.71 bits per heavy atom. The first-order valence-electron chi connectivity index (χ1n) is 14.8. The van der Waals surface area contributed by atoms with E-state index in [1.165, 1.54) is 112 Å². The highest BCUT2D eigenvalue weighted by Crippen LogP contribution is 2.34. The van der Waals surface area contributed by atoms with Crippen molar-refractivity contribution in [3.8, 4) is 0 Å². The summed E-state index contributed by atoms with van der Waals surface area (Å²) in [5.41, 5.74) is 6.09. The molecule has 3 unspecified atom stereocenters. The fraction of sp³-hybridized carbons (Fsp3) is 0.647. The quantitative estimate of drug-likeness (QED) is 0.232. The summed E-state index contributed by atoms with van der Waals surface area (Å²) in [7, 11) is 0. The van der Waals surface area contributed by atoms with Crippen LogP contribution in [0.1, 0.15) is 127 Å². The lowest BCUT2D eigenvalue weighted by Gasteiger charge is -2.25. The van der Waals surface area contributed by atoms with E-state index in [1.54, 1.807) is 11.1 Å². The summed E-state index contributed by atoms with van der Waals surface area (Å²) in [5, 5.41) is 2.91. The van der Waals surface area contributed by atoms with Gasteiger partial charge in [0.25, 0.3) is 0 Å². The third kappa shape index (κ3) is 7.73. The molecule has 2 aromatic carbocycles. The lowest BCUT2D eigenvalue weighted by molar-refractivity contribution is 0.291. The zero-order chi connectivity index (χ0) is 24.3. The van der Waals surface area contributed by atoms with E-state index >= 15 is 0 Å². The molecule has 34 heavy (non-hydrogen) atoms. The third-order valence-corrected chi connectivity index (χ3v) is 8.54. The predicted molar refractivity (Wildman–Crippen MR) is 154 cm³/mol. The molecule has 1 aliphatic rings. The fourth-order valence-electron chi connectivity index (χ4n) is 6.23. The molecular formula is C34H52. The summed E-state index contributed by atoms with van der Waals surface area (Å²) in [6.45, 7) is 11.8. The Bertz CT molecular complexity index is 902. The molecule has 1 aliphatic carbocycles. The number of hydrogen-bond acceptors (Lipinski definition) is 0. The smallest absolute Gasteiger partial charge is 0.0108 e. The molecule has 0 bridgehead atoms. The summed E-state index contributed by atoms with van der Waals surface area (Å²) < 4.78 is 0. The average Bonchev–Trinajstić information content (AvgIpc) is 2.85. The molecule has 2 aromatic rings. The van der Waals surface area contributed by atoms with E-state index in [9.17, 15) is 0 Å². The maximum atomic E-state index is 2.53. The van der Waals surface area contributed by atoms with Crippen molar-refractivity contribution in [3.05, 3.63) is 52.6 Å². The Morgan fingerprint density at radius 3 is 2.47 bits per heavy atom. The van der Waals surface area contributed by atoms with Crippen molar-refractivity contribution in [1.29, 1.82) is 0 Å². The number of hydrogen-bond donors (Lipinski definition) is 0. The second kappa shape index (κ2) is 14.1. The molecule has 0 N–H and O–H groups in total. The normalized spacial score (nSPS) is 15.9. The van der Waals surface area contributed by atoms with Gasteiger partial charge in [-0.15, -0.1) is 0 Å². The van der Waals surface area contributed by atoms with Crippen molar-refractivity contribution >= 4 is 16.8 Å². The van der Waals surface area contributed by atoms with Crippen molar-refractivity contribution in [2.45, 2.75) is 125 Å². The van der Waals surface area contributed by atoms with Crippen molar-refractivity contribution < 1.29 is 0 Å². The average molecular weight is 461 g/mol. The first kappa shape index (κ1) is 27.0. The summed E-state index contributed by atoms with van der Waals surface area (Å²) >= 11 is 0. The topological polar surface area (TPSA) is 0 Å². The van der Waals surface area contributed by atoms with Crippen molar-refractivity contribution in [2.24, 2.45) is 17.8 Å². The molecule has 0 saturated heterocycles. The van der Waals surface area contributed by atoms with Crippen LogP contribution in [0.2, 0.25) is 0 Å². The van der Waals surface area contributed by atoms with Crippen LogP contribution in [0, 0.1) is 24.7 Å². The molecule has 0 radical (unpaired) electrons. The molecule has 0 fully saturated rings. The van der Waals surface area contributed by atoms with Crippen molar-refractivity contribution in [2.75, 3.05) is 0 Å². The van der Waals surface area contributed by atoms with Crippen LogP contribution in [0.25, 0.3) is 16.8 Å². The Labute approximate surface area is 211 Å². The van der Waals surface area contributed by atoms with Gasteiger partial charge >= 0.3 is 0 Å². The Hall–Kier alpha value is -1.56. The monoisotopic (exact) mass is 460 g/mol. The van der Waals surface area contributed by atoms with Crippen LogP contribution in [0.5, 0.6) is 0 Å². The molecule has 0 nitrogen and oxygen atoms in total. The van der Waals surface area contributed by atoms with Crippen LogP contribution in [-0.2, 0) is 12.8 Å². The zero-order valence-corrected chi connectivity index (χ0v) is 23.1. The molecule has 0 spiro atoms. The first-order chi connectivity index (χ1) is 16.5. The minimum atomic E-state index is 0.835. The van der Waals surface area contributed by atoms with E-state index in [0.717, 1.165) is 17.8 Å². The molecule has 188 valence electrons.